The molecule has 1 aromatic rings. The number of hydrogen-bond acceptors (Lipinski definition) is 7. The van der Waals surface area contributed by atoms with Crippen molar-refractivity contribution in [1.29, 1.82) is 0 Å². The second-order valence-electron chi connectivity index (χ2n) is 11.4. The number of carbonyl (C=O) groups excluding carboxylic acids is 3. The average Bonchev–Trinajstić information content (AvgIpc) is 3.28. The SMILES string of the molecule is CN1C(=O)/C(=C/c2ccc(N(C)C)cc2)N=C1/C=C/C(=O)NC1CCC(C(=O)NCCOCCOCCCCCCCl)CC1. The van der Waals surface area contributed by atoms with Crippen LogP contribution in [0.5, 0.6) is 0 Å². The third kappa shape index (κ3) is 12.1. The summed E-state index contributed by atoms with van der Waals surface area (Å²) < 4.78 is 11.1. The van der Waals surface area contributed by atoms with Crippen LogP contribution in [-0.4, -0.2) is 94.5 Å². The van der Waals surface area contributed by atoms with Crippen LogP contribution < -0.4 is 15.5 Å². The zero-order valence-corrected chi connectivity index (χ0v) is 27.1. The first kappa shape index (κ1) is 35.3. The van der Waals surface area contributed by atoms with E-state index in [1.807, 2.05) is 43.3 Å². The molecule has 1 heterocycles. The lowest BCUT2D eigenvalue weighted by atomic mass is 9.85. The fourth-order valence-corrected chi connectivity index (χ4v) is 5.25. The Kier molecular flexibility index (Phi) is 15.4. The average molecular weight is 630 g/mol. The zero-order chi connectivity index (χ0) is 31.7. The van der Waals surface area contributed by atoms with Gasteiger partial charge in [-0.3, -0.25) is 19.3 Å². The minimum Gasteiger partial charge on any atom is -0.379 e. The quantitative estimate of drug-likeness (QED) is 0.143. The van der Waals surface area contributed by atoms with Gasteiger partial charge in [-0.15, -0.1) is 11.6 Å². The minimum absolute atomic E-state index is 0.00494. The van der Waals surface area contributed by atoms with Crippen molar-refractivity contribution in [2.45, 2.75) is 57.4 Å². The van der Waals surface area contributed by atoms with Crippen molar-refractivity contribution >= 4 is 46.9 Å². The largest absolute Gasteiger partial charge is 0.379 e. The number of unbranched alkanes of at least 4 members (excludes halogenated alkanes) is 3. The van der Waals surface area contributed by atoms with E-state index >= 15 is 0 Å². The molecular formula is C33H48ClN5O5. The van der Waals surface area contributed by atoms with E-state index in [0.29, 0.717) is 50.7 Å². The van der Waals surface area contributed by atoms with Crippen LogP contribution in [-0.2, 0) is 23.9 Å². The van der Waals surface area contributed by atoms with Gasteiger partial charge in [-0.25, -0.2) is 4.99 Å². The molecule has 0 saturated heterocycles. The van der Waals surface area contributed by atoms with Crippen molar-refractivity contribution in [1.82, 2.24) is 15.5 Å². The number of amides is 3. The van der Waals surface area contributed by atoms with Crippen LogP contribution >= 0.6 is 11.6 Å². The third-order valence-electron chi connectivity index (χ3n) is 7.73. The maximum absolute atomic E-state index is 12.7. The molecule has 2 aliphatic rings. The molecule has 2 N–H and O–H groups in total. The number of amidine groups is 1. The Balaban J connectivity index is 1.30. The molecule has 0 aromatic heterocycles. The zero-order valence-electron chi connectivity index (χ0n) is 26.4. The third-order valence-corrected chi connectivity index (χ3v) is 8.00. The van der Waals surface area contributed by atoms with Gasteiger partial charge in [-0.05, 0) is 68.4 Å². The molecule has 1 fully saturated rings. The number of nitrogens with zero attached hydrogens (tertiary/aromatic N) is 3. The molecule has 242 valence electrons. The van der Waals surface area contributed by atoms with Gasteiger partial charge in [-0.1, -0.05) is 25.0 Å². The molecule has 0 bridgehead atoms. The lowest BCUT2D eigenvalue weighted by Gasteiger charge is -2.28. The van der Waals surface area contributed by atoms with Crippen LogP contribution in [0, 0.1) is 5.92 Å². The van der Waals surface area contributed by atoms with Crippen molar-refractivity contribution in [2.24, 2.45) is 10.9 Å². The summed E-state index contributed by atoms with van der Waals surface area (Å²) in [6.07, 6.45) is 12.0. The number of nitrogens with one attached hydrogen (secondary N) is 2. The number of halogens is 1. The smallest absolute Gasteiger partial charge is 0.277 e. The van der Waals surface area contributed by atoms with Crippen LogP contribution in [0.15, 0.2) is 47.1 Å². The van der Waals surface area contributed by atoms with Gasteiger partial charge in [-0.2, -0.15) is 0 Å². The van der Waals surface area contributed by atoms with Crippen molar-refractivity contribution in [3.63, 3.8) is 0 Å². The summed E-state index contributed by atoms with van der Waals surface area (Å²) in [6, 6.07) is 7.84. The lowest BCUT2D eigenvalue weighted by Crippen LogP contribution is -2.41. The first-order valence-electron chi connectivity index (χ1n) is 15.6. The summed E-state index contributed by atoms with van der Waals surface area (Å²) in [5.74, 6) is 0.642. The number of ether oxygens (including phenoxy) is 2. The molecule has 44 heavy (non-hydrogen) atoms. The Bertz CT molecular complexity index is 1160. The van der Waals surface area contributed by atoms with Gasteiger partial charge >= 0.3 is 0 Å². The molecule has 1 aliphatic carbocycles. The van der Waals surface area contributed by atoms with Crippen LogP contribution in [0.2, 0.25) is 0 Å². The molecule has 1 saturated carbocycles. The van der Waals surface area contributed by atoms with E-state index < -0.39 is 0 Å². The van der Waals surface area contributed by atoms with Crippen LogP contribution in [0.1, 0.15) is 56.9 Å². The predicted octanol–water partition coefficient (Wildman–Crippen LogP) is 4.14. The van der Waals surface area contributed by atoms with E-state index in [9.17, 15) is 14.4 Å². The Labute approximate surface area is 266 Å². The lowest BCUT2D eigenvalue weighted by molar-refractivity contribution is -0.126. The van der Waals surface area contributed by atoms with Crippen molar-refractivity contribution in [3.05, 3.63) is 47.7 Å². The summed E-state index contributed by atoms with van der Waals surface area (Å²) in [7, 11) is 5.58. The number of anilines is 1. The number of hydrogen-bond donors (Lipinski definition) is 2. The van der Waals surface area contributed by atoms with Crippen molar-refractivity contribution < 1.29 is 23.9 Å². The first-order valence-corrected chi connectivity index (χ1v) is 16.2. The molecule has 0 unspecified atom stereocenters. The number of rotatable bonds is 18. The molecule has 0 spiro atoms. The van der Waals surface area contributed by atoms with Gasteiger partial charge in [0.25, 0.3) is 5.91 Å². The fraction of sp³-hybridized carbons (Fsp3) is 0.576. The van der Waals surface area contributed by atoms with Crippen LogP contribution in [0.25, 0.3) is 6.08 Å². The Morgan fingerprint density at radius 3 is 2.36 bits per heavy atom. The Morgan fingerprint density at radius 2 is 1.68 bits per heavy atom. The highest BCUT2D eigenvalue weighted by Crippen LogP contribution is 2.24. The van der Waals surface area contributed by atoms with E-state index in [1.165, 1.54) is 11.0 Å². The molecule has 1 aromatic carbocycles. The second kappa shape index (κ2) is 19.2. The van der Waals surface area contributed by atoms with Crippen molar-refractivity contribution in [3.8, 4) is 0 Å². The summed E-state index contributed by atoms with van der Waals surface area (Å²) in [6.45, 7) is 2.73. The highest BCUT2D eigenvalue weighted by Gasteiger charge is 2.27. The van der Waals surface area contributed by atoms with E-state index in [4.69, 9.17) is 21.1 Å². The first-order chi connectivity index (χ1) is 21.3. The molecule has 0 atom stereocenters. The fourth-order valence-electron chi connectivity index (χ4n) is 5.06. The molecular weight excluding hydrogens is 582 g/mol. The van der Waals surface area contributed by atoms with Gasteiger partial charge in [0.2, 0.25) is 11.8 Å². The van der Waals surface area contributed by atoms with Crippen LogP contribution in [0.3, 0.4) is 0 Å². The summed E-state index contributed by atoms with van der Waals surface area (Å²) in [4.78, 5) is 45.7. The van der Waals surface area contributed by atoms with Gasteiger partial charge in [0.1, 0.15) is 11.5 Å². The van der Waals surface area contributed by atoms with Gasteiger partial charge in [0.05, 0.1) is 19.8 Å². The Morgan fingerprint density at radius 1 is 1.00 bits per heavy atom. The summed E-state index contributed by atoms with van der Waals surface area (Å²) in [5.41, 5.74) is 2.26. The second-order valence-corrected chi connectivity index (χ2v) is 11.7. The predicted molar refractivity (Wildman–Crippen MR) is 176 cm³/mol. The maximum atomic E-state index is 12.7. The number of benzene rings is 1. The summed E-state index contributed by atoms with van der Waals surface area (Å²) >= 11 is 5.67. The molecule has 10 nitrogen and oxygen atoms in total. The molecule has 0 radical (unpaired) electrons. The van der Waals surface area contributed by atoms with Gasteiger partial charge in [0.15, 0.2) is 0 Å². The highest BCUT2D eigenvalue weighted by molar-refractivity contribution is 6.18. The van der Waals surface area contributed by atoms with Gasteiger partial charge in [0, 0.05) is 63.9 Å². The molecule has 1 aliphatic heterocycles. The van der Waals surface area contributed by atoms with E-state index in [2.05, 4.69) is 15.6 Å². The topological polar surface area (TPSA) is 113 Å². The normalized spacial score (nSPS) is 19.5. The molecule has 11 heteroatoms. The highest BCUT2D eigenvalue weighted by atomic mass is 35.5. The van der Waals surface area contributed by atoms with Crippen LogP contribution in [0.4, 0.5) is 5.69 Å². The monoisotopic (exact) mass is 629 g/mol. The number of alkyl halides is 1. The Hall–Kier alpha value is -3.21. The number of aliphatic imine (C=N–C) groups is 1. The minimum atomic E-state index is -0.245. The standard InChI is InChI=1S/C33H48ClN5O5/c1-38(2)28-14-8-25(9-15-28)24-29-33(42)39(3)30(37-29)16-17-31(40)36-27-12-10-26(11-13-27)32(41)35-19-21-44-23-22-43-20-7-5-4-6-18-34/h8-9,14-17,24,26-27H,4-7,10-13,18-23H2,1-3H3,(H,35,41)(H,36,40)/b17-16+,29-24-. The molecule has 3 rings (SSSR count). The van der Waals surface area contributed by atoms with E-state index in [1.54, 1.807) is 19.2 Å². The van der Waals surface area contributed by atoms with E-state index in [-0.39, 0.29) is 29.7 Å². The number of likely N-dealkylation sites (N-methyl/N-ethyl adjacent to an activating group) is 1. The number of carbonyl (C=O) groups is 3. The summed E-state index contributed by atoms with van der Waals surface area (Å²) in [5, 5.41) is 5.97. The molecule has 3 amide bonds. The maximum Gasteiger partial charge on any atom is 0.277 e. The van der Waals surface area contributed by atoms with E-state index in [0.717, 1.165) is 62.3 Å². The van der Waals surface area contributed by atoms with Gasteiger partial charge < -0.3 is 25.0 Å². The van der Waals surface area contributed by atoms with Crippen molar-refractivity contribution in [2.75, 3.05) is 64.9 Å².